The number of rotatable bonds is 2. The first-order valence-electron chi connectivity index (χ1n) is 4.42. The molecule has 0 saturated carbocycles. The van der Waals surface area contributed by atoms with Gasteiger partial charge in [0.05, 0.1) is 5.69 Å². The van der Waals surface area contributed by atoms with Crippen molar-refractivity contribution >= 4 is 27.7 Å². The molecule has 2 rings (SSSR count). The summed E-state index contributed by atoms with van der Waals surface area (Å²) in [5, 5.41) is 8.77. The number of aromatic amines is 1. The second-order valence-electron chi connectivity index (χ2n) is 3.16. The van der Waals surface area contributed by atoms with E-state index in [4.69, 9.17) is 10.8 Å². The van der Waals surface area contributed by atoms with Crippen LogP contribution in [0.1, 0.15) is 10.6 Å². The number of aromatic carboxylic acids is 1. The third kappa shape index (κ3) is 1.92. The van der Waals surface area contributed by atoms with Crippen LogP contribution in [0, 0.1) is 0 Å². The predicted octanol–water partition coefficient (Wildman–Crippen LogP) is 2.12. The number of imidazole rings is 1. The summed E-state index contributed by atoms with van der Waals surface area (Å²) in [5.41, 5.74) is 6.94. The lowest BCUT2D eigenvalue weighted by Crippen LogP contribution is -1.98. The van der Waals surface area contributed by atoms with E-state index in [2.05, 4.69) is 25.9 Å². The average Bonchev–Trinajstić information content (AvgIpc) is 2.60. The zero-order valence-corrected chi connectivity index (χ0v) is 9.65. The van der Waals surface area contributed by atoms with Crippen molar-refractivity contribution in [3.8, 4) is 11.3 Å². The Morgan fingerprint density at radius 2 is 2.25 bits per heavy atom. The highest BCUT2D eigenvalue weighted by Gasteiger charge is 2.13. The Labute approximate surface area is 99.4 Å². The van der Waals surface area contributed by atoms with Gasteiger partial charge < -0.3 is 15.8 Å². The molecule has 0 amide bonds. The maximum Gasteiger partial charge on any atom is 0.371 e. The number of H-pyrrole nitrogens is 1. The Balaban J connectivity index is 2.52. The van der Waals surface area contributed by atoms with E-state index in [0.717, 1.165) is 10.0 Å². The molecule has 16 heavy (non-hydrogen) atoms. The SMILES string of the molecule is Nc1nc(C(=O)O)[nH]c1-c1cccc(Br)c1. The maximum absolute atomic E-state index is 10.7. The standard InChI is InChI=1S/C10H8BrN3O2/c11-6-3-1-2-5(4-6)7-8(12)14-9(13-7)10(15)16/h1-4H,12H2,(H,13,14)(H,15,16). The molecule has 0 fully saturated rings. The molecule has 0 aliphatic rings. The summed E-state index contributed by atoms with van der Waals surface area (Å²) >= 11 is 3.33. The van der Waals surface area contributed by atoms with Crippen LogP contribution in [0.4, 0.5) is 5.82 Å². The first-order valence-corrected chi connectivity index (χ1v) is 5.22. The van der Waals surface area contributed by atoms with Gasteiger partial charge in [-0.15, -0.1) is 0 Å². The molecule has 2 aromatic rings. The minimum Gasteiger partial charge on any atom is -0.475 e. The number of nitrogen functional groups attached to an aromatic ring is 1. The van der Waals surface area contributed by atoms with Gasteiger partial charge in [0.25, 0.3) is 0 Å². The highest BCUT2D eigenvalue weighted by molar-refractivity contribution is 9.10. The lowest BCUT2D eigenvalue weighted by Gasteiger charge is -1.99. The minimum absolute atomic E-state index is 0.160. The number of hydrogen-bond acceptors (Lipinski definition) is 3. The maximum atomic E-state index is 10.7. The Bertz CT molecular complexity index is 551. The molecule has 0 unspecified atom stereocenters. The number of carbonyl (C=O) groups is 1. The number of nitrogens with two attached hydrogens (primary N) is 1. The fraction of sp³-hybridized carbons (Fsp3) is 0. The van der Waals surface area contributed by atoms with Crippen LogP contribution in [0.25, 0.3) is 11.3 Å². The number of nitrogens with one attached hydrogen (secondary N) is 1. The molecule has 6 heteroatoms. The third-order valence-electron chi connectivity index (χ3n) is 2.05. The van der Waals surface area contributed by atoms with E-state index in [1.807, 2.05) is 24.3 Å². The number of aromatic nitrogens is 2. The number of benzene rings is 1. The topological polar surface area (TPSA) is 92.0 Å². The van der Waals surface area contributed by atoms with E-state index in [0.29, 0.717) is 5.69 Å². The van der Waals surface area contributed by atoms with Crippen molar-refractivity contribution in [2.45, 2.75) is 0 Å². The molecular formula is C10H8BrN3O2. The Morgan fingerprint density at radius 1 is 1.50 bits per heavy atom. The molecule has 0 aliphatic heterocycles. The van der Waals surface area contributed by atoms with Gasteiger partial charge in [-0.2, -0.15) is 0 Å². The van der Waals surface area contributed by atoms with E-state index >= 15 is 0 Å². The van der Waals surface area contributed by atoms with Gasteiger partial charge in [0, 0.05) is 10.0 Å². The van der Waals surface area contributed by atoms with Crippen LogP contribution >= 0.6 is 15.9 Å². The van der Waals surface area contributed by atoms with E-state index in [1.165, 1.54) is 0 Å². The fourth-order valence-electron chi connectivity index (χ4n) is 1.35. The summed E-state index contributed by atoms with van der Waals surface area (Å²) in [6.45, 7) is 0. The summed E-state index contributed by atoms with van der Waals surface area (Å²) in [4.78, 5) is 17.1. The van der Waals surface area contributed by atoms with E-state index < -0.39 is 5.97 Å². The summed E-state index contributed by atoms with van der Waals surface area (Å²) < 4.78 is 0.885. The monoisotopic (exact) mass is 281 g/mol. The molecule has 0 aliphatic carbocycles. The van der Waals surface area contributed by atoms with Gasteiger partial charge in [-0.05, 0) is 12.1 Å². The van der Waals surface area contributed by atoms with Gasteiger partial charge in [-0.1, -0.05) is 28.1 Å². The largest absolute Gasteiger partial charge is 0.475 e. The van der Waals surface area contributed by atoms with Crippen LogP contribution < -0.4 is 5.73 Å². The number of hydrogen-bond donors (Lipinski definition) is 3. The molecule has 0 radical (unpaired) electrons. The van der Waals surface area contributed by atoms with Gasteiger partial charge in [-0.3, -0.25) is 0 Å². The van der Waals surface area contributed by atoms with Crippen LogP contribution in [-0.4, -0.2) is 21.0 Å². The normalized spacial score (nSPS) is 10.3. The Hall–Kier alpha value is -1.82. The minimum atomic E-state index is -1.13. The molecule has 5 nitrogen and oxygen atoms in total. The Kier molecular flexibility index (Phi) is 2.66. The number of anilines is 1. The summed E-state index contributed by atoms with van der Waals surface area (Å²) in [5.74, 6) is -1.11. The zero-order chi connectivity index (χ0) is 11.7. The fourth-order valence-corrected chi connectivity index (χ4v) is 1.75. The van der Waals surface area contributed by atoms with Crippen LogP contribution in [0.15, 0.2) is 28.7 Å². The average molecular weight is 282 g/mol. The second kappa shape index (κ2) is 3.97. The predicted molar refractivity (Wildman–Crippen MR) is 63.1 cm³/mol. The lowest BCUT2D eigenvalue weighted by molar-refractivity contribution is 0.0685. The first kappa shape index (κ1) is 10.7. The zero-order valence-electron chi connectivity index (χ0n) is 8.07. The van der Waals surface area contributed by atoms with Crippen molar-refractivity contribution in [3.05, 3.63) is 34.6 Å². The van der Waals surface area contributed by atoms with Crippen molar-refractivity contribution < 1.29 is 9.90 Å². The van der Waals surface area contributed by atoms with Crippen molar-refractivity contribution in [1.82, 2.24) is 9.97 Å². The van der Waals surface area contributed by atoms with Crippen molar-refractivity contribution in [2.75, 3.05) is 5.73 Å². The molecule has 0 atom stereocenters. The molecule has 4 N–H and O–H groups in total. The van der Waals surface area contributed by atoms with E-state index in [9.17, 15) is 4.79 Å². The van der Waals surface area contributed by atoms with Gasteiger partial charge >= 0.3 is 5.97 Å². The van der Waals surface area contributed by atoms with Crippen molar-refractivity contribution in [2.24, 2.45) is 0 Å². The van der Waals surface area contributed by atoms with Crippen LogP contribution in [0.5, 0.6) is 0 Å². The number of halogens is 1. The molecule has 1 heterocycles. The van der Waals surface area contributed by atoms with Gasteiger partial charge in [0.2, 0.25) is 5.82 Å². The van der Waals surface area contributed by atoms with Crippen molar-refractivity contribution in [3.63, 3.8) is 0 Å². The molecule has 1 aromatic heterocycles. The van der Waals surface area contributed by atoms with Crippen LogP contribution in [-0.2, 0) is 0 Å². The molecular weight excluding hydrogens is 274 g/mol. The second-order valence-corrected chi connectivity index (χ2v) is 4.08. The molecule has 0 spiro atoms. The summed E-state index contributed by atoms with van der Waals surface area (Å²) in [7, 11) is 0. The highest BCUT2D eigenvalue weighted by atomic mass is 79.9. The first-order chi connectivity index (χ1) is 7.58. The molecule has 1 aromatic carbocycles. The molecule has 0 bridgehead atoms. The quantitative estimate of drug-likeness (QED) is 0.786. The number of nitrogens with zero attached hydrogens (tertiary/aromatic N) is 1. The van der Waals surface area contributed by atoms with Crippen LogP contribution in [0.2, 0.25) is 0 Å². The molecule has 82 valence electrons. The summed E-state index contributed by atoms with van der Waals surface area (Å²) in [6, 6.07) is 7.35. The van der Waals surface area contributed by atoms with Gasteiger partial charge in [-0.25, -0.2) is 9.78 Å². The number of carboxylic acid groups (broad SMARTS) is 1. The lowest BCUT2D eigenvalue weighted by atomic mass is 10.1. The summed E-state index contributed by atoms with van der Waals surface area (Å²) in [6.07, 6.45) is 0. The van der Waals surface area contributed by atoms with E-state index in [-0.39, 0.29) is 11.6 Å². The Morgan fingerprint density at radius 3 is 2.81 bits per heavy atom. The van der Waals surface area contributed by atoms with Crippen LogP contribution in [0.3, 0.4) is 0 Å². The number of carboxylic acids is 1. The smallest absolute Gasteiger partial charge is 0.371 e. The van der Waals surface area contributed by atoms with E-state index in [1.54, 1.807) is 0 Å². The highest BCUT2D eigenvalue weighted by Crippen LogP contribution is 2.25. The third-order valence-corrected chi connectivity index (χ3v) is 2.54. The van der Waals surface area contributed by atoms with Crippen molar-refractivity contribution in [1.29, 1.82) is 0 Å². The van der Waals surface area contributed by atoms with Gasteiger partial charge in [0.15, 0.2) is 5.82 Å². The van der Waals surface area contributed by atoms with Gasteiger partial charge in [0.1, 0.15) is 0 Å². The molecule has 0 saturated heterocycles.